The van der Waals surface area contributed by atoms with Crippen molar-refractivity contribution in [3.8, 4) is 11.8 Å². The summed E-state index contributed by atoms with van der Waals surface area (Å²) in [6, 6.07) is 11.6. The van der Waals surface area contributed by atoms with Crippen molar-refractivity contribution in [2.75, 3.05) is 6.54 Å². The van der Waals surface area contributed by atoms with E-state index in [-0.39, 0.29) is 17.9 Å². The molecule has 1 aliphatic heterocycles. The molecule has 0 saturated carbocycles. The Morgan fingerprint density at radius 1 is 1.45 bits per heavy atom. The number of amides is 1. The minimum Gasteiger partial charge on any atom is -0.488 e. The van der Waals surface area contributed by atoms with Crippen molar-refractivity contribution in [2.45, 2.75) is 18.9 Å². The van der Waals surface area contributed by atoms with Crippen LogP contribution in [0.3, 0.4) is 0 Å². The predicted molar refractivity (Wildman–Crippen MR) is 81.7 cm³/mol. The van der Waals surface area contributed by atoms with Gasteiger partial charge in [-0.25, -0.2) is 0 Å². The first kappa shape index (κ1) is 14.2. The van der Waals surface area contributed by atoms with E-state index >= 15 is 0 Å². The van der Waals surface area contributed by atoms with Crippen molar-refractivity contribution in [3.63, 3.8) is 0 Å². The van der Waals surface area contributed by atoms with Crippen LogP contribution >= 0.6 is 0 Å². The van der Waals surface area contributed by atoms with Crippen LogP contribution in [0.5, 0.6) is 5.75 Å². The number of hydrogen-bond acceptors (Lipinski definition) is 3. The molecule has 0 aliphatic carbocycles. The molecule has 0 radical (unpaired) electrons. The summed E-state index contributed by atoms with van der Waals surface area (Å²) >= 11 is 0. The van der Waals surface area contributed by atoms with Crippen molar-refractivity contribution < 1.29 is 9.53 Å². The highest BCUT2D eigenvalue weighted by molar-refractivity contribution is 5.93. The molecule has 0 unspecified atom stereocenters. The number of para-hydroxylation sites is 1. The lowest BCUT2D eigenvalue weighted by Crippen LogP contribution is -2.36. The van der Waals surface area contributed by atoms with Crippen molar-refractivity contribution in [2.24, 2.45) is 7.05 Å². The summed E-state index contributed by atoms with van der Waals surface area (Å²) in [5, 5.41) is 11.8. The molecule has 0 saturated heterocycles. The Morgan fingerprint density at radius 3 is 2.91 bits per heavy atom. The first-order chi connectivity index (χ1) is 10.6. The molecule has 0 bridgehead atoms. The van der Waals surface area contributed by atoms with Crippen molar-refractivity contribution >= 4 is 5.91 Å². The molecule has 1 aromatic heterocycles. The quantitative estimate of drug-likeness (QED) is 0.944. The normalized spacial score (nSPS) is 19.1. The maximum Gasteiger partial charge on any atom is 0.268 e. The fraction of sp³-hybridized carbons (Fsp3) is 0.294. The molecule has 0 spiro atoms. The predicted octanol–water partition coefficient (Wildman–Crippen LogP) is 2.19. The average molecular weight is 295 g/mol. The van der Waals surface area contributed by atoms with Gasteiger partial charge in [-0.1, -0.05) is 25.1 Å². The minimum absolute atomic E-state index is 0.0722. The Hall–Kier alpha value is -2.74. The number of rotatable bonds is 3. The van der Waals surface area contributed by atoms with Gasteiger partial charge in [-0.3, -0.25) is 4.79 Å². The molecule has 2 heterocycles. The molecule has 5 nitrogen and oxygen atoms in total. The molecule has 5 heteroatoms. The number of aryl methyl sites for hydroxylation is 1. The molecule has 1 aromatic carbocycles. The second kappa shape index (κ2) is 5.57. The number of hydrogen-bond donors (Lipinski definition) is 1. The van der Waals surface area contributed by atoms with Gasteiger partial charge < -0.3 is 14.6 Å². The Kier molecular flexibility index (Phi) is 3.60. The first-order valence-electron chi connectivity index (χ1n) is 7.20. The summed E-state index contributed by atoms with van der Waals surface area (Å²) in [4.78, 5) is 12.2. The van der Waals surface area contributed by atoms with E-state index in [9.17, 15) is 4.79 Å². The van der Waals surface area contributed by atoms with E-state index in [0.29, 0.717) is 17.8 Å². The summed E-state index contributed by atoms with van der Waals surface area (Å²) in [5.41, 5.74) is 2.12. The Bertz CT molecular complexity index is 758. The third-order valence-electron chi connectivity index (χ3n) is 4.08. The zero-order valence-electron chi connectivity index (χ0n) is 12.5. The monoisotopic (exact) mass is 295 g/mol. The topological polar surface area (TPSA) is 67.0 Å². The molecular weight excluding hydrogens is 278 g/mol. The van der Waals surface area contributed by atoms with Gasteiger partial charge in [0, 0.05) is 24.7 Å². The van der Waals surface area contributed by atoms with Crippen LogP contribution in [0.1, 0.15) is 34.5 Å². The van der Waals surface area contributed by atoms with Gasteiger partial charge >= 0.3 is 0 Å². The molecule has 112 valence electrons. The summed E-state index contributed by atoms with van der Waals surface area (Å²) in [6.45, 7) is 2.53. The number of carbonyl (C=O) groups is 1. The van der Waals surface area contributed by atoms with Crippen LogP contribution in [-0.2, 0) is 7.05 Å². The number of nitrogens with zero attached hydrogens (tertiary/aromatic N) is 2. The van der Waals surface area contributed by atoms with Crippen LogP contribution in [0.2, 0.25) is 0 Å². The van der Waals surface area contributed by atoms with E-state index in [4.69, 9.17) is 10.00 Å². The highest BCUT2D eigenvalue weighted by Gasteiger charge is 2.30. The van der Waals surface area contributed by atoms with Crippen LogP contribution in [0.4, 0.5) is 0 Å². The van der Waals surface area contributed by atoms with Crippen LogP contribution < -0.4 is 10.1 Å². The Balaban J connectivity index is 1.65. The van der Waals surface area contributed by atoms with Gasteiger partial charge in [0.1, 0.15) is 23.6 Å². The molecule has 1 N–H and O–H groups in total. The van der Waals surface area contributed by atoms with E-state index in [2.05, 4.69) is 18.3 Å². The number of fused-ring (bicyclic) bond motifs is 1. The van der Waals surface area contributed by atoms with Crippen molar-refractivity contribution in [1.29, 1.82) is 5.26 Å². The number of carbonyl (C=O) groups excluding carboxylic acids is 1. The van der Waals surface area contributed by atoms with Crippen molar-refractivity contribution in [1.82, 2.24) is 9.88 Å². The molecule has 22 heavy (non-hydrogen) atoms. The lowest BCUT2D eigenvalue weighted by Gasteiger charge is -2.16. The highest BCUT2D eigenvalue weighted by Crippen LogP contribution is 2.37. The minimum atomic E-state index is -0.198. The smallest absolute Gasteiger partial charge is 0.268 e. The molecule has 0 fully saturated rings. The number of nitriles is 1. The van der Waals surface area contributed by atoms with E-state index in [1.165, 1.54) is 5.56 Å². The van der Waals surface area contributed by atoms with Gasteiger partial charge in [-0.05, 0) is 12.1 Å². The summed E-state index contributed by atoms with van der Waals surface area (Å²) in [7, 11) is 1.75. The van der Waals surface area contributed by atoms with Crippen molar-refractivity contribution in [3.05, 3.63) is 53.3 Å². The number of aromatic nitrogens is 1. The van der Waals surface area contributed by atoms with Crippen LogP contribution in [0.25, 0.3) is 0 Å². The summed E-state index contributed by atoms with van der Waals surface area (Å²) in [5.74, 6) is 0.926. The fourth-order valence-corrected chi connectivity index (χ4v) is 2.78. The van der Waals surface area contributed by atoms with Crippen LogP contribution in [0.15, 0.2) is 36.5 Å². The molecule has 2 atom stereocenters. The second-order valence-corrected chi connectivity index (χ2v) is 5.53. The van der Waals surface area contributed by atoms with Gasteiger partial charge in [0.25, 0.3) is 5.91 Å². The SMILES string of the molecule is C[C@@H]1c2ccccc2O[C@@H]1CNC(=O)c1cc(C#N)cn1C. The van der Waals surface area contributed by atoms with Gasteiger partial charge in [0.2, 0.25) is 0 Å². The van der Waals surface area contributed by atoms with E-state index < -0.39 is 0 Å². The highest BCUT2D eigenvalue weighted by atomic mass is 16.5. The summed E-state index contributed by atoms with van der Waals surface area (Å²) in [6.07, 6.45) is 1.57. The molecular formula is C17H17N3O2. The lowest BCUT2D eigenvalue weighted by atomic mass is 9.98. The van der Waals surface area contributed by atoms with E-state index in [1.54, 1.807) is 23.9 Å². The maximum absolute atomic E-state index is 12.2. The first-order valence-corrected chi connectivity index (χ1v) is 7.20. The standard InChI is InChI=1S/C17H17N3O2/c1-11-13-5-3-4-6-15(13)22-16(11)9-19-17(21)14-7-12(8-18)10-20(14)2/h3-7,10-11,16H,9H2,1-2H3,(H,19,21)/t11-,16-/m1/s1. The van der Waals surface area contributed by atoms with Gasteiger partial charge in [0.15, 0.2) is 0 Å². The molecule has 1 aliphatic rings. The largest absolute Gasteiger partial charge is 0.488 e. The zero-order chi connectivity index (χ0) is 15.7. The van der Waals surface area contributed by atoms with Crippen LogP contribution in [0, 0.1) is 11.3 Å². The average Bonchev–Trinajstić information content (AvgIpc) is 3.06. The van der Waals surface area contributed by atoms with Crippen LogP contribution in [-0.4, -0.2) is 23.1 Å². The van der Waals surface area contributed by atoms with E-state index in [0.717, 1.165) is 5.75 Å². The molecule has 3 rings (SSSR count). The number of nitrogens with one attached hydrogen (secondary N) is 1. The third kappa shape index (κ3) is 2.44. The van der Waals surface area contributed by atoms with Gasteiger partial charge in [-0.2, -0.15) is 5.26 Å². The maximum atomic E-state index is 12.2. The summed E-state index contributed by atoms with van der Waals surface area (Å²) < 4.78 is 7.54. The Morgan fingerprint density at radius 2 is 2.23 bits per heavy atom. The lowest BCUT2D eigenvalue weighted by molar-refractivity contribution is 0.0921. The van der Waals surface area contributed by atoms with E-state index in [1.807, 2.05) is 24.3 Å². The second-order valence-electron chi connectivity index (χ2n) is 5.53. The fourth-order valence-electron chi connectivity index (χ4n) is 2.78. The number of ether oxygens (including phenoxy) is 1. The third-order valence-corrected chi connectivity index (χ3v) is 4.08. The molecule has 2 aromatic rings. The Labute approximate surface area is 129 Å². The van der Waals surface area contributed by atoms with Gasteiger partial charge in [-0.15, -0.1) is 0 Å². The zero-order valence-corrected chi connectivity index (χ0v) is 12.5. The van der Waals surface area contributed by atoms with Gasteiger partial charge in [0.05, 0.1) is 12.1 Å². The number of benzene rings is 1. The molecule has 1 amide bonds.